The zero-order valence-electron chi connectivity index (χ0n) is 15.8. The molecule has 3 aromatic carbocycles. The number of aliphatic imine (C=N–C) groups is 2. The van der Waals surface area contributed by atoms with E-state index in [-0.39, 0.29) is 5.11 Å². The Bertz CT molecular complexity index is 1050. The van der Waals surface area contributed by atoms with Gasteiger partial charge in [0.25, 0.3) is 0 Å². The van der Waals surface area contributed by atoms with Crippen LogP contribution in [0.1, 0.15) is 11.1 Å². The van der Waals surface area contributed by atoms with Crippen LogP contribution in [-0.4, -0.2) is 29.7 Å². The molecule has 1 aliphatic heterocycles. The minimum Gasteiger partial charge on any atom is -0.497 e. The van der Waals surface area contributed by atoms with Crippen molar-refractivity contribution in [2.75, 3.05) is 7.11 Å². The van der Waals surface area contributed by atoms with Crippen molar-refractivity contribution >= 4 is 34.4 Å². The van der Waals surface area contributed by atoms with Crippen molar-refractivity contribution in [1.82, 2.24) is 0 Å². The van der Waals surface area contributed by atoms with Gasteiger partial charge in [-0.2, -0.15) is 10.2 Å². The highest BCUT2D eigenvalue weighted by atomic mass is 32.1. The summed E-state index contributed by atoms with van der Waals surface area (Å²) in [5, 5.41) is 9.37. The van der Waals surface area contributed by atoms with Crippen LogP contribution in [0.15, 0.2) is 105 Å². The van der Waals surface area contributed by atoms with E-state index in [0.29, 0.717) is 5.69 Å². The highest BCUT2D eigenvalue weighted by Gasteiger charge is 2.29. The number of azo groups is 1. The van der Waals surface area contributed by atoms with Gasteiger partial charge in [-0.3, -0.25) is 0 Å². The highest BCUT2D eigenvalue weighted by molar-refractivity contribution is 7.80. The average Bonchev–Trinajstić information content (AvgIpc) is 2.79. The van der Waals surface area contributed by atoms with Gasteiger partial charge in [0.05, 0.1) is 24.2 Å². The van der Waals surface area contributed by atoms with E-state index in [1.54, 1.807) is 7.11 Å². The van der Waals surface area contributed by atoms with Gasteiger partial charge in [-0.25, -0.2) is 9.98 Å². The lowest BCUT2D eigenvalue weighted by Gasteiger charge is -2.21. The second kappa shape index (κ2) is 8.67. The molecule has 0 N–H and O–H groups in total. The number of thiocarbonyl (C=S) groups is 1. The van der Waals surface area contributed by atoms with Gasteiger partial charge in [-0.1, -0.05) is 66.7 Å². The maximum absolute atomic E-state index is 5.36. The van der Waals surface area contributed by atoms with E-state index in [0.717, 1.165) is 28.3 Å². The third-order valence-electron chi connectivity index (χ3n) is 4.43. The number of methoxy groups -OCH3 is 1. The topological polar surface area (TPSA) is 58.7 Å². The molecule has 3 aromatic rings. The summed E-state index contributed by atoms with van der Waals surface area (Å²) in [6, 6.07) is 26.7. The lowest BCUT2D eigenvalue weighted by atomic mass is 9.94. The summed E-state index contributed by atoms with van der Waals surface area (Å²) in [5.74, 6) is 0.722. The van der Waals surface area contributed by atoms with Crippen LogP contribution < -0.4 is 4.74 Å². The molecule has 29 heavy (non-hydrogen) atoms. The Morgan fingerprint density at radius 1 is 0.793 bits per heavy atom. The molecule has 0 bridgehead atoms. The number of benzene rings is 3. The van der Waals surface area contributed by atoms with Crippen LogP contribution in [0.5, 0.6) is 5.75 Å². The molecule has 1 heterocycles. The van der Waals surface area contributed by atoms with Crippen LogP contribution in [0.2, 0.25) is 0 Å². The van der Waals surface area contributed by atoms with Crippen molar-refractivity contribution in [2.45, 2.75) is 6.04 Å². The zero-order valence-corrected chi connectivity index (χ0v) is 16.6. The van der Waals surface area contributed by atoms with Gasteiger partial charge in [0, 0.05) is 6.07 Å². The second-order valence-electron chi connectivity index (χ2n) is 6.33. The van der Waals surface area contributed by atoms with Crippen molar-refractivity contribution < 1.29 is 4.74 Å². The summed E-state index contributed by atoms with van der Waals surface area (Å²) < 4.78 is 5.28. The van der Waals surface area contributed by atoms with Crippen molar-refractivity contribution in [3.63, 3.8) is 0 Å². The van der Waals surface area contributed by atoms with Gasteiger partial charge in [-0.15, -0.1) is 0 Å². The van der Waals surface area contributed by atoms with Crippen LogP contribution in [0.4, 0.5) is 5.69 Å². The van der Waals surface area contributed by atoms with E-state index in [1.165, 1.54) is 0 Å². The molecule has 0 atom stereocenters. The fourth-order valence-corrected chi connectivity index (χ4v) is 3.25. The minimum atomic E-state index is -0.474. The third-order valence-corrected chi connectivity index (χ3v) is 4.61. The standard InChI is InChI=1S/C23H18N4OS/c1-28-19-14-8-13-18(15-19)26-27-22-20(16-9-4-2-5-10-16)24-23(29)25-21(22)17-11-6-3-7-12-17/h2-15,22H,1H3. The first-order valence-electron chi connectivity index (χ1n) is 9.11. The van der Waals surface area contributed by atoms with Crippen LogP contribution in [-0.2, 0) is 0 Å². The molecular weight excluding hydrogens is 380 g/mol. The van der Waals surface area contributed by atoms with E-state index < -0.39 is 6.04 Å². The predicted octanol–water partition coefficient (Wildman–Crippen LogP) is 5.42. The quantitative estimate of drug-likeness (QED) is 0.425. The molecule has 1 aliphatic rings. The van der Waals surface area contributed by atoms with E-state index in [2.05, 4.69) is 20.2 Å². The zero-order chi connectivity index (χ0) is 20.1. The van der Waals surface area contributed by atoms with Crippen LogP contribution in [0.3, 0.4) is 0 Å². The summed E-state index contributed by atoms with van der Waals surface area (Å²) in [7, 11) is 1.62. The fraction of sp³-hybridized carbons (Fsp3) is 0.0870. The van der Waals surface area contributed by atoms with Crippen molar-refractivity contribution in [2.24, 2.45) is 20.2 Å². The van der Waals surface area contributed by atoms with Gasteiger partial charge >= 0.3 is 0 Å². The first kappa shape index (κ1) is 18.8. The molecule has 0 saturated heterocycles. The normalized spacial score (nSPS) is 14.6. The molecule has 0 unspecified atom stereocenters. The molecule has 6 heteroatoms. The molecule has 0 radical (unpaired) electrons. The molecule has 0 aliphatic carbocycles. The number of ether oxygens (including phenoxy) is 1. The largest absolute Gasteiger partial charge is 0.497 e. The number of nitrogens with zero attached hydrogens (tertiary/aromatic N) is 4. The predicted molar refractivity (Wildman–Crippen MR) is 120 cm³/mol. The third kappa shape index (κ3) is 4.33. The van der Waals surface area contributed by atoms with Crippen LogP contribution in [0.25, 0.3) is 0 Å². The molecule has 142 valence electrons. The van der Waals surface area contributed by atoms with Gasteiger partial charge in [0.15, 0.2) is 6.04 Å². The van der Waals surface area contributed by atoms with Crippen molar-refractivity contribution in [1.29, 1.82) is 0 Å². The minimum absolute atomic E-state index is 0.288. The van der Waals surface area contributed by atoms with Crippen LogP contribution >= 0.6 is 12.2 Å². The maximum atomic E-state index is 5.36. The highest BCUT2D eigenvalue weighted by Crippen LogP contribution is 2.23. The summed E-state index contributed by atoms with van der Waals surface area (Å²) >= 11 is 5.36. The van der Waals surface area contributed by atoms with E-state index >= 15 is 0 Å². The van der Waals surface area contributed by atoms with Gasteiger partial charge in [-0.05, 0) is 35.5 Å². The number of rotatable bonds is 5. The van der Waals surface area contributed by atoms with Crippen molar-refractivity contribution in [3.05, 3.63) is 96.1 Å². The van der Waals surface area contributed by atoms with Gasteiger partial charge < -0.3 is 4.74 Å². The van der Waals surface area contributed by atoms with E-state index in [9.17, 15) is 0 Å². The van der Waals surface area contributed by atoms with E-state index in [4.69, 9.17) is 17.0 Å². The summed E-state index contributed by atoms with van der Waals surface area (Å²) in [4.78, 5) is 9.08. The Kier molecular flexibility index (Phi) is 5.63. The molecular formula is C23H18N4OS. The molecule has 5 nitrogen and oxygen atoms in total. The Hall–Kier alpha value is -3.51. The fourth-order valence-electron chi connectivity index (χ4n) is 3.05. The number of hydrogen-bond donors (Lipinski definition) is 0. The Morgan fingerprint density at radius 3 is 1.93 bits per heavy atom. The summed E-state index contributed by atoms with van der Waals surface area (Å²) in [6.07, 6.45) is 0. The Balaban J connectivity index is 1.78. The van der Waals surface area contributed by atoms with Crippen molar-refractivity contribution in [3.8, 4) is 5.75 Å². The molecule has 0 aromatic heterocycles. The molecule has 4 rings (SSSR count). The number of hydrogen-bond acceptors (Lipinski definition) is 4. The monoisotopic (exact) mass is 398 g/mol. The lowest BCUT2D eigenvalue weighted by molar-refractivity contribution is 0.415. The molecule has 0 fully saturated rings. The first-order valence-corrected chi connectivity index (χ1v) is 9.52. The Labute approximate surface area is 174 Å². The smallest absolute Gasteiger partial charge is 0.219 e. The first-order chi connectivity index (χ1) is 14.2. The second-order valence-corrected chi connectivity index (χ2v) is 6.69. The lowest BCUT2D eigenvalue weighted by Crippen LogP contribution is -2.34. The van der Waals surface area contributed by atoms with E-state index in [1.807, 2.05) is 84.9 Å². The van der Waals surface area contributed by atoms with Gasteiger partial charge in [0.1, 0.15) is 5.75 Å². The molecule has 0 spiro atoms. The Morgan fingerprint density at radius 2 is 1.38 bits per heavy atom. The maximum Gasteiger partial charge on any atom is 0.219 e. The molecule has 0 saturated carbocycles. The van der Waals surface area contributed by atoms with Crippen LogP contribution in [0, 0.1) is 0 Å². The molecule has 0 amide bonds. The average molecular weight is 398 g/mol. The SMILES string of the molecule is COc1cccc(N=NC2C(c3ccccc3)=NC(=S)N=C2c2ccccc2)c1. The summed E-state index contributed by atoms with van der Waals surface area (Å²) in [6.45, 7) is 0. The summed E-state index contributed by atoms with van der Waals surface area (Å²) in [5.41, 5.74) is 4.03. The van der Waals surface area contributed by atoms with Gasteiger partial charge in [0.2, 0.25) is 5.11 Å².